The number of thioether (sulfide) groups is 2. The number of hydrogen-bond donors (Lipinski definition) is 3. The number of likely N-dealkylation sites (tertiary alicyclic amines) is 1. The maximum atomic E-state index is 13.5. The largest absolute Gasteiger partial charge is 0.399 e. The monoisotopic (exact) mass is 472 g/mol. The van der Waals surface area contributed by atoms with E-state index >= 15 is 0 Å². The van der Waals surface area contributed by atoms with Crippen molar-refractivity contribution in [3.05, 3.63) is 59.7 Å². The Balaban J connectivity index is 1.67. The molecule has 0 saturated carbocycles. The number of hydrogen-bond acceptors (Lipinski definition) is 5. The fourth-order valence-corrected chi connectivity index (χ4v) is 5.14. The first-order valence-corrected chi connectivity index (χ1v) is 13.5. The number of rotatable bonds is 9. The van der Waals surface area contributed by atoms with Crippen LogP contribution in [-0.4, -0.2) is 47.7 Å². The highest BCUT2D eigenvalue weighted by molar-refractivity contribution is 7.98. The van der Waals surface area contributed by atoms with Crippen LogP contribution >= 0.6 is 23.5 Å². The molecule has 0 radical (unpaired) electrons. The van der Waals surface area contributed by atoms with Gasteiger partial charge in [0.1, 0.15) is 6.04 Å². The van der Waals surface area contributed by atoms with Gasteiger partial charge in [-0.3, -0.25) is 4.79 Å². The van der Waals surface area contributed by atoms with Crippen molar-refractivity contribution in [2.45, 2.75) is 42.8 Å². The molecule has 1 heterocycles. The van der Waals surface area contributed by atoms with Gasteiger partial charge in [0.05, 0.1) is 6.04 Å². The Bertz CT molecular complexity index is 907. The standard InChI is InChI=1S/C24H32N4O2S2/c1-31-15-13-20(27-24(30)26-16-17-9-11-18(25)12-10-17)23(29)28-14-5-7-21(28)19-6-3-4-8-22(19)32-2/h3-4,6,8-12,20-21H,5,7,13-16,25H2,1-2H3,(H2,26,27,30)/t20-,21+/m0/s1. The number of nitrogens with two attached hydrogens (primary N) is 1. The highest BCUT2D eigenvalue weighted by atomic mass is 32.2. The molecule has 0 unspecified atom stereocenters. The first-order valence-electron chi connectivity index (χ1n) is 10.8. The molecule has 2 atom stereocenters. The van der Waals surface area contributed by atoms with Gasteiger partial charge < -0.3 is 21.3 Å². The van der Waals surface area contributed by atoms with Gasteiger partial charge in [-0.2, -0.15) is 11.8 Å². The Hall–Kier alpha value is -2.32. The predicted molar refractivity (Wildman–Crippen MR) is 135 cm³/mol. The molecule has 0 spiro atoms. The summed E-state index contributed by atoms with van der Waals surface area (Å²) in [5.41, 5.74) is 8.55. The molecule has 172 valence electrons. The van der Waals surface area contributed by atoms with E-state index in [4.69, 9.17) is 5.73 Å². The van der Waals surface area contributed by atoms with Gasteiger partial charge in [0.25, 0.3) is 0 Å². The molecule has 0 bridgehead atoms. The van der Waals surface area contributed by atoms with Crippen molar-refractivity contribution >= 4 is 41.1 Å². The van der Waals surface area contributed by atoms with Crippen molar-refractivity contribution in [3.63, 3.8) is 0 Å². The summed E-state index contributed by atoms with van der Waals surface area (Å²) in [4.78, 5) is 29.3. The molecule has 8 heteroatoms. The third-order valence-corrected chi connectivity index (χ3v) is 7.14. The number of carbonyl (C=O) groups excluding carboxylic acids is 2. The van der Waals surface area contributed by atoms with Crippen LogP contribution in [0.4, 0.5) is 10.5 Å². The van der Waals surface area contributed by atoms with Gasteiger partial charge in [0.15, 0.2) is 0 Å². The van der Waals surface area contributed by atoms with Gasteiger partial charge in [-0.05, 0) is 66.9 Å². The van der Waals surface area contributed by atoms with E-state index in [1.165, 1.54) is 10.5 Å². The summed E-state index contributed by atoms with van der Waals surface area (Å²) >= 11 is 3.38. The van der Waals surface area contributed by atoms with Crippen LogP contribution in [0.25, 0.3) is 0 Å². The molecule has 4 N–H and O–H groups in total. The SMILES string of the molecule is CSCC[C@H](NC(=O)NCc1ccc(N)cc1)C(=O)N1CCC[C@@H]1c1ccccc1SC. The number of amides is 3. The summed E-state index contributed by atoms with van der Waals surface area (Å²) in [5.74, 6) is 0.800. The van der Waals surface area contributed by atoms with Crippen LogP contribution in [0.3, 0.4) is 0 Å². The van der Waals surface area contributed by atoms with E-state index < -0.39 is 6.04 Å². The zero-order valence-corrected chi connectivity index (χ0v) is 20.3. The van der Waals surface area contributed by atoms with Gasteiger partial charge in [-0.25, -0.2) is 4.79 Å². The lowest BCUT2D eigenvalue weighted by atomic mass is 10.0. The van der Waals surface area contributed by atoms with Gasteiger partial charge in [0, 0.05) is 23.7 Å². The summed E-state index contributed by atoms with van der Waals surface area (Å²) in [6, 6.07) is 14.8. The number of nitrogen functional groups attached to an aromatic ring is 1. The van der Waals surface area contributed by atoms with Crippen molar-refractivity contribution < 1.29 is 9.59 Å². The zero-order chi connectivity index (χ0) is 22.9. The summed E-state index contributed by atoms with van der Waals surface area (Å²) in [7, 11) is 0. The average Bonchev–Trinajstić information content (AvgIpc) is 3.30. The number of carbonyl (C=O) groups is 2. The van der Waals surface area contributed by atoms with Crippen LogP contribution in [0.5, 0.6) is 0 Å². The summed E-state index contributed by atoms with van der Waals surface area (Å²) < 4.78 is 0. The molecular formula is C24H32N4O2S2. The van der Waals surface area contributed by atoms with E-state index in [2.05, 4.69) is 29.0 Å². The predicted octanol–water partition coefficient (Wildman–Crippen LogP) is 4.28. The van der Waals surface area contributed by atoms with E-state index in [0.717, 1.165) is 30.7 Å². The highest BCUT2D eigenvalue weighted by Crippen LogP contribution is 2.37. The topological polar surface area (TPSA) is 87.5 Å². The lowest BCUT2D eigenvalue weighted by Crippen LogP contribution is -2.51. The van der Waals surface area contributed by atoms with Gasteiger partial charge in [0.2, 0.25) is 5.91 Å². The Kier molecular flexibility index (Phi) is 9.17. The van der Waals surface area contributed by atoms with E-state index in [1.54, 1.807) is 35.7 Å². The van der Waals surface area contributed by atoms with Gasteiger partial charge >= 0.3 is 6.03 Å². The number of nitrogens with one attached hydrogen (secondary N) is 2. The van der Waals surface area contributed by atoms with Crippen molar-refractivity contribution in [2.75, 3.05) is 30.5 Å². The number of nitrogens with zero attached hydrogens (tertiary/aromatic N) is 1. The Labute approximate surface area is 199 Å². The number of urea groups is 1. The maximum Gasteiger partial charge on any atom is 0.315 e. The van der Waals surface area contributed by atoms with E-state index in [9.17, 15) is 9.59 Å². The summed E-state index contributed by atoms with van der Waals surface area (Å²) in [5, 5.41) is 5.79. The third kappa shape index (κ3) is 6.36. The molecule has 1 aliphatic rings. The Morgan fingerprint density at radius 2 is 1.91 bits per heavy atom. The normalized spacial score (nSPS) is 16.6. The summed E-state index contributed by atoms with van der Waals surface area (Å²) in [6.45, 7) is 1.10. The van der Waals surface area contributed by atoms with Crippen molar-refractivity contribution in [1.29, 1.82) is 0 Å². The first kappa shape index (κ1) is 24.3. The lowest BCUT2D eigenvalue weighted by Gasteiger charge is -2.30. The average molecular weight is 473 g/mol. The van der Waals surface area contributed by atoms with Crippen LogP contribution in [0.2, 0.25) is 0 Å². The zero-order valence-electron chi connectivity index (χ0n) is 18.7. The van der Waals surface area contributed by atoms with Crippen LogP contribution in [-0.2, 0) is 11.3 Å². The minimum Gasteiger partial charge on any atom is -0.399 e. The van der Waals surface area contributed by atoms with E-state index in [-0.39, 0.29) is 18.0 Å². The molecule has 32 heavy (non-hydrogen) atoms. The fraction of sp³-hybridized carbons (Fsp3) is 0.417. The number of anilines is 1. The van der Waals surface area contributed by atoms with E-state index in [1.807, 2.05) is 35.4 Å². The molecule has 3 rings (SSSR count). The Morgan fingerprint density at radius 3 is 2.62 bits per heavy atom. The first-order chi connectivity index (χ1) is 15.5. The highest BCUT2D eigenvalue weighted by Gasteiger charge is 2.35. The van der Waals surface area contributed by atoms with Gasteiger partial charge in [-0.1, -0.05) is 30.3 Å². The van der Waals surface area contributed by atoms with Crippen LogP contribution < -0.4 is 16.4 Å². The lowest BCUT2D eigenvalue weighted by molar-refractivity contribution is -0.134. The van der Waals surface area contributed by atoms with Crippen molar-refractivity contribution in [1.82, 2.24) is 15.5 Å². The van der Waals surface area contributed by atoms with Crippen molar-refractivity contribution in [3.8, 4) is 0 Å². The second kappa shape index (κ2) is 12.1. The second-order valence-corrected chi connectivity index (χ2v) is 9.67. The van der Waals surface area contributed by atoms with E-state index in [0.29, 0.717) is 18.7 Å². The maximum absolute atomic E-state index is 13.5. The fourth-order valence-electron chi connectivity index (χ4n) is 4.02. The molecule has 6 nitrogen and oxygen atoms in total. The molecule has 0 aromatic heterocycles. The minimum atomic E-state index is -0.545. The Morgan fingerprint density at radius 1 is 1.16 bits per heavy atom. The molecule has 1 aliphatic heterocycles. The summed E-state index contributed by atoms with van der Waals surface area (Å²) in [6.07, 6.45) is 6.59. The molecule has 0 aliphatic carbocycles. The van der Waals surface area contributed by atoms with Crippen LogP contribution in [0.1, 0.15) is 36.4 Å². The number of benzene rings is 2. The smallest absolute Gasteiger partial charge is 0.315 e. The molecule has 1 saturated heterocycles. The molecular weight excluding hydrogens is 440 g/mol. The molecule has 3 amide bonds. The third-order valence-electron chi connectivity index (χ3n) is 5.68. The van der Waals surface area contributed by atoms with Crippen LogP contribution in [0.15, 0.2) is 53.4 Å². The molecule has 2 aromatic carbocycles. The van der Waals surface area contributed by atoms with Crippen molar-refractivity contribution in [2.24, 2.45) is 0 Å². The molecule has 1 fully saturated rings. The van der Waals surface area contributed by atoms with Crippen LogP contribution in [0, 0.1) is 0 Å². The second-order valence-electron chi connectivity index (χ2n) is 7.83. The molecule has 2 aromatic rings. The van der Waals surface area contributed by atoms with Gasteiger partial charge in [-0.15, -0.1) is 11.8 Å². The minimum absolute atomic E-state index is 0.0000841. The quantitative estimate of drug-likeness (QED) is 0.375.